The van der Waals surface area contributed by atoms with Crippen LogP contribution >= 0.6 is 11.6 Å². The highest BCUT2D eigenvalue weighted by atomic mass is 35.5. The van der Waals surface area contributed by atoms with Crippen LogP contribution in [0.15, 0.2) is 35.3 Å². The summed E-state index contributed by atoms with van der Waals surface area (Å²) in [6.07, 6.45) is 10.7. The Balaban J connectivity index is 1.36. The minimum Gasteiger partial charge on any atom is -0.479 e. The number of carbonyl (C=O) groups is 1. The lowest BCUT2D eigenvalue weighted by Gasteiger charge is -2.44. The molecule has 0 amide bonds. The molecule has 5 rings (SSSR count). The number of nitrogens with one attached hydrogen (secondary N) is 1. The Bertz CT molecular complexity index is 1340. The first-order valence-corrected chi connectivity index (χ1v) is 12.7. The van der Waals surface area contributed by atoms with Crippen molar-refractivity contribution in [3.63, 3.8) is 0 Å². The number of carboxylic acids is 1. The molecule has 1 saturated carbocycles. The normalized spacial score (nSPS) is 17.3. The van der Waals surface area contributed by atoms with Crippen LogP contribution in [0, 0.1) is 5.41 Å². The number of aliphatic carboxylic acids is 1. The number of piperidine rings is 1. The summed E-state index contributed by atoms with van der Waals surface area (Å²) in [6.45, 7) is 1.31. The van der Waals surface area contributed by atoms with Crippen LogP contribution in [0.1, 0.15) is 44.9 Å². The Morgan fingerprint density at radius 3 is 2.64 bits per heavy atom. The van der Waals surface area contributed by atoms with Gasteiger partial charge < -0.3 is 24.6 Å². The number of aromatic nitrogens is 3. The fourth-order valence-corrected chi connectivity index (χ4v) is 5.63. The van der Waals surface area contributed by atoms with E-state index in [1.807, 2.05) is 18.2 Å². The molecule has 3 heterocycles. The first-order chi connectivity index (χ1) is 17.3. The van der Waals surface area contributed by atoms with Gasteiger partial charge in [-0.25, -0.2) is 9.78 Å². The van der Waals surface area contributed by atoms with Crippen LogP contribution in [0.2, 0.25) is 5.02 Å². The first-order valence-electron chi connectivity index (χ1n) is 12.4. The van der Waals surface area contributed by atoms with Crippen molar-refractivity contribution in [2.45, 2.75) is 44.9 Å². The predicted molar refractivity (Wildman–Crippen MR) is 140 cm³/mol. The monoisotopic (exact) mass is 511 g/mol. The van der Waals surface area contributed by atoms with Crippen LogP contribution in [0.3, 0.4) is 0 Å². The van der Waals surface area contributed by atoms with Gasteiger partial charge >= 0.3 is 5.97 Å². The Kier molecular flexibility index (Phi) is 6.75. The van der Waals surface area contributed by atoms with Gasteiger partial charge in [-0.15, -0.1) is 0 Å². The summed E-state index contributed by atoms with van der Waals surface area (Å²) < 4.78 is 6.62. The number of anilines is 3. The van der Waals surface area contributed by atoms with Gasteiger partial charge in [0.2, 0.25) is 5.95 Å². The highest BCUT2D eigenvalue weighted by Crippen LogP contribution is 2.45. The average Bonchev–Trinajstić information content (AvgIpc) is 2.87. The average molecular weight is 512 g/mol. The number of carboxylic acid groups (broad SMARTS) is 1. The largest absolute Gasteiger partial charge is 0.479 e. The van der Waals surface area contributed by atoms with Crippen molar-refractivity contribution in [2.24, 2.45) is 12.5 Å². The van der Waals surface area contributed by atoms with E-state index in [-0.39, 0.29) is 5.75 Å². The van der Waals surface area contributed by atoms with Crippen molar-refractivity contribution < 1.29 is 14.6 Å². The molecule has 1 aliphatic heterocycles. The quantitative estimate of drug-likeness (QED) is 0.488. The number of nitrogens with zero attached hydrogens (tertiary/aromatic N) is 4. The lowest BCUT2D eigenvalue weighted by Crippen LogP contribution is -2.41. The van der Waals surface area contributed by atoms with Crippen molar-refractivity contribution in [3.05, 3.63) is 45.8 Å². The molecular formula is C26H30ClN5O4. The maximum Gasteiger partial charge on any atom is 0.341 e. The molecule has 2 aliphatic rings. The molecule has 1 saturated heterocycles. The van der Waals surface area contributed by atoms with Gasteiger partial charge in [-0.05, 0) is 55.4 Å². The molecule has 9 nitrogen and oxygen atoms in total. The van der Waals surface area contributed by atoms with Crippen LogP contribution in [0.4, 0.5) is 17.5 Å². The van der Waals surface area contributed by atoms with Crippen molar-refractivity contribution in [2.75, 3.05) is 29.9 Å². The van der Waals surface area contributed by atoms with E-state index in [1.165, 1.54) is 49.5 Å². The Labute approximate surface area is 214 Å². The summed E-state index contributed by atoms with van der Waals surface area (Å²) in [5, 5.41) is 13.3. The van der Waals surface area contributed by atoms with E-state index in [0.29, 0.717) is 33.1 Å². The zero-order valence-corrected chi connectivity index (χ0v) is 21.1. The lowest BCUT2D eigenvalue weighted by molar-refractivity contribution is -0.139. The molecule has 3 aromatic rings. The van der Waals surface area contributed by atoms with Gasteiger partial charge in [0.05, 0.1) is 11.7 Å². The molecule has 1 aromatic carbocycles. The fourth-order valence-electron chi connectivity index (χ4n) is 5.49. The summed E-state index contributed by atoms with van der Waals surface area (Å²) in [7, 11) is 1.62. The SMILES string of the molecule is Cn1c(=O)c(OCC(=O)O)cc2cc(Nc3nc(N4CCC5(CCCCC5)CC4)ncc3Cl)ccc21. The third-order valence-electron chi connectivity index (χ3n) is 7.56. The molecule has 10 heteroatoms. The van der Waals surface area contributed by atoms with Crippen LogP contribution in [0.25, 0.3) is 10.9 Å². The second-order valence-electron chi connectivity index (χ2n) is 9.87. The number of ether oxygens (including phenoxy) is 1. The third kappa shape index (κ3) is 4.97. The second kappa shape index (κ2) is 9.97. The van der Waals surface area contributed by atoms with Crippen LogP contribution in [-0.4, -0.2) is 45.3 Å². The smallest absolute Gasteiger partial charge is 0.341 e. The van der Waals surface area contributed by atoms with E-state index in [4.69, 9.17) is 26.4 Å². The highest BCUT2D eigenvalue weighted by Gasteiger charge is 2.36. The lowest BCUT2D eigenvalue weighted by atomic mass is 9.68. The summed E-state index contributed by atoms with van der Waals surface area (Å²) in [4.78, 5) is 34.8. The standard InChI is InChI=1S/C26H30ClN5O4/c1-31-20-6-5-18(13-17(20)14-21(24(31)35)36-16-22(33)34)29-23-19(27)15-28-25(30-23)32-11-9-26(10-12-32)7-3-2-4-8-26/h5-6,13-15H,2-4,7-12,16H2,1H3,(H,33,34)(H,28,29,30). The molecule has 1 spiro atoms. The van der Waals surface area contributed by atoms with Crippen LogP contribution in [-0.2, 0) is 11.8 Å². The molecule has 190 valence electrons. The molecule has 36 heavy (non-hydrogen) atoms. The molecule has 2 fully saturated rings. The van der Waals surface area contributed by atoms with E-state index in [2.05, 4.69) is 15.2 Å². The summed E-state index contributed by atoms with van der Waals surface area (Å²) in [5.41, 5.74) is 1.51. The number of halogens is 1. The zero-order valence-electron chi connectivity index (χ0n) is 20.3. The van der Waals surface area contributed by atoms with E-state index in [1.54, 1.807) is 19.3 Å². The highest BCUT2D eigenvalue weighted by molar-refractivity contribution is 6.32. The topological polar surface area (TPSA) is 110 Å². The number of pyridine rings is 1. The minimum absolute atomic E-state index is 0.0206. The Hall–Kier alpha value is -3.33. The number of hydrogen-bond acceptors (Lipinski definition) is 7. The van der Waals surface area contributed by atoms with Gasteiger partial charge in [0, 0.05) is 31.2 Å². The van der Waals surface area contributed by atoms with Crippen molar-refractivity contribution in [1.82, 2.24) is 14.5 Å². The molecule has 0 unspecified atom stereocenters. The van der Waals surface area contributed by atoms with Gasteiger partial charge in [-0.2, -0.15) is 4.98 Å². The number of hydrogen-bond donors (Lipinski definition) is 2. The van der Waals surface area contributed by atoms with Crippen LogP contribution < -0.4 is 20.5 Å². The van der Waals surface area contributed by atoms with Crippen LogP contribution in [0.5, 0.6) is 5.75 Å². The van der Waals surface area contributed by atoms with E-state index in [9.17, 15) is 9.59 Å². The Morgan fingerprint density at radius 2 is 1.92 bits per heavy atom. The molecule has 2 N–H and O–H groups in total. The van der Waals surface area contributed by atoms with Gasteiger partial charge in [0.25, 0.3) is 5.56 Å². The molecule has 0 bridgehead atoms. The number of benzene rings is 1. The minimum atomic E-state index is -1.15. The maximum absolute atomic E-state index is 12.5. The number of fused-ring (bicyclic) bond motifs is 1. The zero-order chi connectivity index (χ0) is 25.3. The summed E-state index contributed by atoms with van der Waals surface area (Å²) in [5.74, 6) is 0.00312. The van der Waals surface area contributed by atoms with E-state index in [0.717, 1.165) is 18.8 Å². The maximum atomic E-state index is 12.5. The Morgan fingerprint density at radius 1 is 1.17 bits per heavy atom. The molecule has 0 atom stereocenters. The first kappa shape index (κ1) is 24.4. The van der Waals surface area contributed by atoms with Crippen molar-refractivity contribution in [3.8, 4) is 5.75 Å². The fraction of sp³-hybridized carbons (Fsp3) is 0.462. The van der Waals surface area contributed by atoms with Gasteiger partial charge in [-0.3, -0.25) is 4.79 Å². The molecule has 0 radical (unpaired) electrons. The molecular weight excluding hydrogens is 482 g/mol. The van der Waals surface area contributed by atoms with E-state index < -0.39 is 18.1 Å². The van der Waals surface area contributed by atoms with E-state index >= 15 is 0 Å². The summed E-state index contributed by atoms with van der Waals surface area (Å²) >= 11 is 6.43. The van der Waals surface area contributed by atoms with Gasteiger partial charge in [0.15, 0.2) is 18.2 Å². The van der Waals surface area contributed by atoms with Crippen molar-refractivity contribution >= 4 is 45.9 Å². The van der Waals surface area contributed by atoms with Gasteiger partial charge in [0.1, 0.15) is 5.02 Å². The predicted octanol–water partition coefficient (Wildman–Crippen LogP) is 4.74. The third-order valence-corrected chi connectivity index (χ3v) is 7.83. The summed E-state index contributed by atoms with van der Waals surface area (Å²) in [6, 6.07) is 7.04. The van der Waals surface area contributed by atoms with Crippen molar-refractivity contribution in [1.29, 1.82) is 0 Å². The molecule has 1 aliphatic carbocycles. The number of rotatable bonds is 6. The number of aryl methyl sites for hydroxylation is 1. The molecule has 2 aromatic heterocycles. The van der Waals surface area contributed by atoms with Gasteiger partial charge in [-0.1, -0.05) is 30.9 Å². The second-order valence-corrected chi connectivity index (χ2v) is 10.3.